The number of rotatable bonds is 5. The molecule has 0 radical (unpaired) electrons. The first-order chi connectivity index (χ1) is 15.4. The van der Waals surface area contributed by atoms with E-state index in [0.29, 0.717) is 25.2 Å². The SMILES string of the molecule is O=C(NC(C1=C(N2CCOCC2)C(=Cc2ccccc2)CC1)C(Cl)(Cl)Cl)c1ccccc1. The van der Waals surface area contributed by atoms with Gasteiger partial charge in [0.2, 0.25) is 3.79 Å². The second kappa shape index (κ2) is 10.3. The van der Waals surface area contributed by atoms with Crippen LogP contribution in [-0.4, -0.2) is 46.9 Å². The molecule has 4 rings (SSSR count). The number of ether oxygens (including phenoxy) is 1. The van der Waals surface area contributed by atoms with Crippen LogP contribution in [0.4, 0.5) is 0 Å². The topological polar surface area (TPSA) is 41.6 Å². The number of alkyl halides is 3. The van der Waals surface area contributed by atoms with E-state index in [0.717, 1.165) is 36.3 Å². The van der Waals surface area contributed by atoms with Crippen LogP contribution in [0, 0.1) is 0 Å². The van der Waals surface area contributed by atoms with Gasteiger partial charge in [-0.2, -0.15) is 0 Å². The number of carbonyl (C=O) groups excluding carboxylic acids is 1. The van der Waals surface area contributed by atoms with Gasteiger partial charge in [-0.3, -0.25) is 4.79 Å². The fourth-order valence-corrected chi connectivity index (χ4v) is 4.81. The largest absolute Gasteiger partial charge is 0.378 e. The van der Waals surface area contributed by atoms with Gasteiger partial charge in [0.1, 0.15) is 0 Å². The number of amides is 1. The summed E-state index contributed by atoms with van der Waals surface area (Å²) in [5, 5.41) is 2.99. The van der Waals surface area contributed by atoms with E-state index >= 15 is 0 Å². The van der Waals surface area contributed by atoms with E-state index in [2.05, 4.69) is 28.4 Å². The lowest BCUT2D eigenvalue weighted by molar-refractivity contribution is 0.0544. The number of nitrogens with one attached hydrogen (secondary N) is 1. The molecule has 4 nitrogen and oxygen atoms in total. The lowest BCUT2D eigenvalue weighted by atomic mass is 10.0. The summed E-state index contributed by atoms with van der Waals surface area (Å²) < 4.78 is 3.87. The van der Waals surface area contributed by atoms with Crippen LogP contribution < -0.4 is 5.32 Å². The molecular weight excluding hydrogens is 467 g/mol. The summed E-state index contributed by atoms with van der Waals surface area (Å²) in [5.41, 5.74) is 4.83. The molecule has 2 aromatic rings. The number of carbonyl (C=O) groups is 1. The Morgan fingerprint density at radius 1 is 0.969 bits per heavy atom. The molecule has 1 unspecified atom stereocenters. The van der Waals surface area contributed by atoms with Crippen LogP contribution in [0.5, 0.6) is 0 Å². The molecule has 168 valence electrons. The molecule has 1 N–H and O–H groups in total. The third kappa shape index (κ3) is 5.49. The van der Waals surface area contributed by atoms with Gasteiger partial charge in [0.05, 0.1) is 19.3 Å². The zero-order chi connectivity index (χ0) is 22.6. The van der Waals surface area contributed by atoms with Crippen molar-refractivity contribution in [2.45, 2.75) is 22.7 Å². The molecule has 1 heterocycles. The minimum atomic E-state index is -1.69. The predicted octanol–water partition coefficient (Wildman–Crippen LogP) is 5.62. The monoisotopic (exact) mass is 490 g/mol. The quantitative estimate of drug-likeness (QED) is 0.552. The first-order valence-corrected chi connectivity index (χ1v) is 11.8. The van der Waals surface area contributed by atoms with E-state index in [1.807, 2.05) is 36.4 Å². The van der Waals surface area contributed by atoms with Crippen molar-refractivity contribution >= 4 is 46.8 Å². The molecule has 1 aliphatic carbocycles. The molecule has 0 spiro atoms. The smallest absolute Gasteiger partial charge is 0.251 e. The molecule has 1 aliphatic heterocycles. The lowest BCUT2D eigenvalue weighted by Crippen LogP contribution is -2.46. The molecule has 2 aliphatic rings. The highest BCUT2D eigenvalue weighted by atomic mass is 35.6. The average Bonchev–Trinajstić information content (AvgIpc) is 3.21. The van der Waals surface area contributed by atoms with Crippen molar-refractivity contribution in [3.63, 3.8) is 0 Å². The van der Waals surface area contributed by atoms with Gasteiger partial charge in [0.15, 0.2) is 0 Å². The van der Waals surface area contributed by atoms with Crippen molar-refractivity contribution in [3.05, 3.63) is 88.6 Å². The molecule has 1 fully saturated rings. The van der Waals surface area contributed by atoms with Gasteiger partial charge in [0, 0.05) is 24.4 Å². The average molecular weight is 492 g/mol. The first kappa shape index (κ1) is 23.2. The maximum atomic E-state index is 13.0. The molecule has 0 aromatic heterocycles. The zero-order valence-corrected chi connectivity index (χ0v) is 19.8. The van der Waals surface area contributed by atoms with Crippen molar-refractivity contribution in [1.82, 2.24) is 10.2 Å². The molecule has 0 bridgehead atoms. The zero-order valence-electron chi connectivity index (χ0n) is 17.6. The minimum absolute atomic E-state index is 0.267. The van der Waals surface area contributed by atoms with Crippen molar-refractivity contribution in [1.29, 1.82) is 0 Å². The van der Waals surface area contributed by atoms with Crippen LogP contribution in [0.1, 0.15) is 28.8 Å². The number of benzene rings is 2. The van der Waals surface area contributed by atoms with Crippen molar-refractivity contribution < 1.29 is 9.53 Å². The second-order valence-corrected chi connectivity index (χ2v) is 10.2. The Labute approximate surface area is 203 Å². The number of halogens is 3. The summed E-state index contributed by atoms with van der Waals surface area (Å²) in [7, 11) is 0. The van der Waals surface area contributed by atoms with Crippen molar-refractivity contribution in [3.8, 4) is 0 Å². The Hall–Kier alpha value is -1.98. The number of morpholine rings is 1. The third-order valence-corrected chi connectivity index (χ3v) is 6.38. The third-order valence-electron chi connectivity index (χ3n) is 5.73. The molecule has 7 heteroatoms. The maximum absolute atomic E-state index is 13.0. The summed E-state index contributed by atoms with van der Waals surface area (Å²) in [4.78, 5) is 15.2. The Balaban J connectivity index is 1.74. The second-order valence-electron chi connectivity index (χ2n) is 7.87. The Morgan fingerprint density at radius 3 is 2.22 bits per heavy atom. The summed E-state index contributed by atoms with van der Waals surface area (Å²) >= 11 is 19.3. The highest BCUT2D eigenvalue weighted by Gasteiger charge is 2.41. The minimum Gasteiger partial charge on any atom is -0.378 e. The summed E-state index contributed by atoms with van der Waals surface area (Å²) in [6, 6.07) is 18.4. The van der Waals surface area contributed by atoms with E-state index in [-0.39, 0.29) is 5.91 Å². The van der Waals surface area contributed by atoms with Crippen LogP contribution in [0.3, 0.4) is 0 Å². The van der Waals surface area contributed by atoms with Crippen LogP contribution in [-0.2, 0) is 4.74 Å². The van der Waals surface area contributed by atoms with Crippen LogP contribution in [0.15, 0.2) is 77.5 Å². The van der Waals surface area contributed by atoms with Crippen LogP contribution in [0.2, 0.25) is 0 Å². The first-order valence-electron chi connectivity index (χ1n) is 10.7. The highest BCUT2D eigenvalue weighted by Crippen LogP contribution is 2.43. The van der Waals surface area contributed by atoms with E-state index < -0.39 is 9.83 Å². The van der Waals surface area contributed by atoms with Gasteiger partial charge in [0.25, 0.3) is 5.91 Å². The summed E-state index contributed by atoms with van der Waals surface area (Å²) in [5.74, 6) is -0.267. The fraction of sp³-hybridized carbons (Fsp3) is 0.320. The van der Waals surface area contributed by atoms with Crippen LogP contribution in [0.25, 0.3) is 6.08 Å². The molecule has 2 aromatic carbocycles. The fourth-order valence-electron chi connectivity index (χ4n) is 4.25. The van der Waals surface area contributed by atoms with Crippen LogP contribution >= 0.6 is 34.8 Å². The molecule has 1 amide bonds. The van der Waals surface area contributed by atoms with E-state index in [4.69, 9.17) is 39.5 Å². The van der Waals surface area contributed by atoms with Gasteiger partial charge in [-0.15, -0.1) is 0 Å². The molecule has 1 atom stereocenters. The number of hydrogen-bond acceptors (Lipinski definition) is 3. The van der Waals surface area contributed by atoms with E-state index in [1.54, 1.807) is 12.1 Å². The Morgan fingerprint density at radius 2 is 1.59 bits per heavy atom. The van der Waals surface area contributed by atoms with Crippen molar-refractivity contribution in [2.24, 2.45) is 0 Å². The number of nitrogens with zero attached hydrogens (tertiary/aromatic N) is 1. The number of hydrogen-bond donors (Lipinski definition) is 1. The van der Waals surface area contributed by atoms with Gasteiger partial charge < -0.3 is 15.0 Å². The Kier molecular flexibility index (Phi) is 7.47. The highest BCUT2D eigenvalue weighted by molar-refractivity contribution is 6.68. The summed E-state index contributed by atoms with van der Waals surface area (Å²) in [6.07, 6.45) is 3.71. The van der Waals surface area contributed by atoms with Gasteiger partial charge >= 0.3 is 0 Å². The molecule has 0 saturated carbocycles. The van der Waals surface area contributed by atoms with Gasteiger partial charge in [-0.25, -0.2) is 0 Å². The van der Waals surface area contributed by atoms with Gasteiger partial charge in [-0.05, 0) is 47.8 Å². The van der Waals surface area contributed by atoms with E-state index in [9.17, 15) is 4.79 Å². The summed E-state index contributed by atoms with van der Waals surface area (Å²) in [6.45, 7) is 2.79. The van der Waals surface area contributed by atoms with Gasteiger partial charge in [-0.1, -0.05) is 83.3 Å². The standard InChI is InChI=1S/C25H25Cl3N2O2/c26-25(27,28)23(29-24(31)19-9-5-2-6-10-19)21-12-11-20(17-18-7-3-1-4-8-18)22(21)30-13-15-32-16-14-30/h1-10,17,23H,11-16H2,(H,29,31). The predicted molar refractivity (Wildman–Crippen MR) is 131 cm³/mol. The maximum Gasteiger partial charge on any atom is 0.251 e. The van der Waals surface area contributed by atoms with E-state index in [1.165, 1.54) is 5.57 Å². The number of allylic oxidation sites excluding steroid dienone is 1. The molecular formula is C25H25Cl3N2O2. The lowest BCUT2D eigenvalue weighted by Gasteiger charge is -2.34. The Bertz CT molecular complexity index is 995. The normalized spacial score (nSPS) is 19.3. The molecule has 32 heavy (non-hydrogen) atoms. The van der Waals surface area contributed by atoms with Crippen molar-refractivity contribution in [2.75, 3.05) is 26.3 Å². The molecule has 1 saturated heterocycles.